The molecule has 0 atom stereocenters. The number of nitrogens with zero attached hydrogens (tertiary/aromatic N) is 1. The molecule has 1 N–H and O–H groups in total. The molecule has 0 saturated heterocycles. The van der Waals surface area contributed by atoms with Crippen molar-refractivity contribution in [2.75, 3.05) is 0 Å². The van der Waals surface area contributed by atoms with Crippen LogP contribution in [0.2, 0.25) is 0 Å². The molecule has 1 aromatic rings. The zero-order valence-corrected chi connectivity index (χ0v) is 6.75. The molecule has 60 valence electrons. The average Bonchev–Trinajstić information content (AvgIpc) is 1.86. The lowest BCUT2D eigenvalue weighted by atomic mass is 10.3. The van der Waals surface area contributed by atoms with Gasteiger partial charge in [-0.3, -0.25) is 0 Å². The van der Waals surface area contributed by atoms with Crippen LogP contribution in [-0.2, 0) is 10.3 Å². The first-order chi connectivity index (χ1) is 5.00. The Bertz CT molecular complexity index is 341. The molecule has 0 aliphatic rings. The fourth-order valence-corrected chi connectivity index (χ4v) is 1.07. The quantitative estimate of drug-likeness (QED) is 0.479. The largest absolute Gasteiger partial charge is 0.511 e. The third-order valence-corrected chi connectivity index (χ3v) is 2.01. The molecule has 0 bridgehead atoms. The number of aromatic nitrogens is 1. The molecule has 0 unspecified atom stereocenters. The third-order valence-electron chi connectivity index (χ3n) is 1.24. The minimum Gasteiger partial charge on any atom is -0.233 e. The molecule has 4 nitrogen and oxygen atoms in total. The Morgan fingerprint density at radius 1 is 1.36 bits per heavy atom. The predicted octanol–water partition coefficient (Wildman–Crippen LogP) is -0.0666. The fourth-order valence-electron chi connectivity index (χ4n) is 0.641. The van der Waals surface area contributed by atoms with Crippen molar-refractivity contribution in [1.29, 1.82) is 0 Å². The highest BCUT2D eigenvalue weighted by atomic mass is 32.2. The summed E-state index contributed by atoms with van der Waals surface area (Å²) >= 11 is 0. The van der Waals surface area contributed by atoms with E-state index in [1.165, 1.54) is 12.4 Å². The fraction of sp³-hybridized carbons (Fsp3) is 0.167. The molecule has 0 spiro atoms. The van der Waals surface area contributed by atoms with Gasteiger partial charge >= 0.3 is 10.3 Å². The standard InChI is InChI=1S/C6H7NO3S/c1-6-2-4-7(5-3-6)11(8,9)10/h2-5H,1H3/p+1. The Morgan fingerprint density at radius 3 is 2.18 bits per heavy atom. The second kappa shape index (κ2) is 2.60. The van der Waals surface area contributed by atoms with Gasteiger partial charge in [0.05, 0.1) is 0 Å². The molecule has 0 aromatic carbocycles. The Morgan fingerprint density at radius 2 is 1.82 bits per heavy atom. The van der Waals surface area contributed by atoms with Gasteiger partial charge < -0.3 is 0 Å². The summed E-state index contributed by atoms with van der Waals surface area (Å²) in [5.74, 6) is 0. The Hall–Kier alpha value is -0.940. The van der Waals surface area contributed by atoms with Crippen LogP contribution in [0, 0.1) is 6.92 Å². The van der Waals surface area contributed by atoms with Gasteiger partial charge in [0.2, 0.25) is 0 Å². The molecule has 1 rings (SSSR count). The van der Waals surface area contributed by atoms with E-state index in [1.807, 2.05) is 6.92 Å². The summed E-state index contributed by atoms with van der Waals surface area (Å²) < 4.78 is 30.2. The van der Waals surface area contributed by atoms with Crippen LogP contribution < -0.4 is 3.97 Å². The minimum atomic E-state index is -4.10. The molecule has 0 aliphatic carbocycles. The lowest BCUT2D eigenvalue weighted by molar-refractivity contribution is -0.519. The number of aryl methyl sites for hydroxylation is 1. The molecular weight excluding hydrogens is 166 g/mol. The summed E-state index contributed by atoms with van der Waals surface area (Å²) in [5.41, 5.74) is 0.935. The van der Waals surface area contributed by atoms with E-state index in [2.05, 4.69) is 0 Å². The van der Waals surface area contributed by atoms with Gasteiger partial charge in [-0.15, -0.1) is 8.42 Å². The van der Waals surface area contributed by atoms with E-state index < -0.39 is 10.3 Å². The third kappa shape index (κ3) is 1.99. The summed E-state index contributed by atoms with van der Waals surface area (Å²) in [5, 5.41) is 0. The van der Waals surface area contributed by atoms with Gasteiger partial charge in [-0.05, 0) is 12.5 Å². The average molecular weight is 174 g/mol. The summed E-state index contributed by atoms with van der Waals surface area (Å²) in [4.78, 5) is 0. The SMILES string of the molecule is Cc1cc[n+](S(=O)(=O)O)cc1. The molecular formula is C6H8NO3S+. The van der Waals surface area contributed by atoms with E-state index in [0.717, 1.165) is 9.54 Å². The topological polar surface area (TPSA) is 58.2 Å². The van der Waals surface area contributed by atoms with Crippen LogP contribution in [0.5, 0.6) is 0 Å². The monoisotopic (exact) mass is 174 g/mol. The smallest absolute Gasteiger partial charge is 0.233 e. The molecule has 1 aromatic heterocycles. The van der Waals surface area contributed by atoms with Crippen LogP contribution in [-0.4, -0.2) is 13.0 Å². The Balaban J connectivity index is 3.20. The molecule has 0 aliphatic heterocycles. The molecule has 1 heterocycles. The molecule has 0 saturated carbocycles. The van der Waals surface area contributed by atoms with E-state index in [0.29, 0.717) is 0 Å². The van der Waals surface area contributed by atoms with Crippen molar-refractivity contribution in [3.63, 3.8) is 0 Å². The number of hydrogen-bond acceptors (Lipinski definition) is 2. The van der Waals surface area contributed by atoms with Crippen molar-refractivity contribution in [3.05, 3.63) is 30.1 Å². The van der Waals surface area contributed by atoms with Gasteiger partial charge in [0.1, 0.15) is 0 Å². The Kier molecular flexibility index (Phi) is 1.92. The first-order valence-corrected chi connectivity index (χ1v) is 4.36. The molecule has 0 amide bonds. The predicted molar refractivity (Wildman–Crippen MR) is 38.3 cm³/mol. The van der Waals surface area contributed by atoms with Crippen LogP contribution >= 0.6 is 0 Å². The van der Waals surface area contributed by atoms with Gasteiger partial charge in [-0.2, -0.15) is 0 Å². The lowest BCUT2D eigenvalue weighted by Crippen LogP contribution is -2.41. The van der Waals surface area contributed by atoms with Gasteiger partial charge in [0.15, 0.2) is 12.4 Å². The van der Waals surface area contributed by atoms with Crippen LogP contribution in [0.25, 0.3) is 0 Å². The van der Waals surface area contributed by atoms with Crippen molar-refractivity contribution >= 4 is 10.3 Å². The summed E-state index contributed by atoms with van der Waals surface area (Å²) in [6, 6.07) is 3.18. The highest BCUT2D eigenvalue weighted by Gasteiger charge is 2.15. The Labute approximate surface area is 65.0 Å². The number of hydrogen-bond donors (Lipinski definition) is 1. The lowest BCUT2D eigenvalue weighted by Gasteiger charge is -1.89. The normalized spacial score (nSPS) is 11.5. The van der Waals surface area contributed by atoms with E-state index in [1.54, 1.807) is 12.1 Å². The summed E-state index contributed by atoms with van der Waals surface area (Å²) in [6.45, 7) is 1.83. The van der Waals surface area contributed by atoms with Crippen molar-refractivity contribution in [2.45, 2.75) is 6.92 Å². The highest BCUT2D eigenvalue weighted by Crippen LogP contribution is 1.90. The van der Waals surface area contributed by atoms with Gasteiger partial charge in [0, 0.05) is 12.1 Å². The number of pyridine rings is 1. The molecule has 0 fully saturated rings. The first-order valence-electron chi connectivity index (χ1n) is 2.96. The van der Waals surface area contributed by atoms with Crippen LogP contribution in [0.4, 0.5) is 0 Å². The van der Waals surface area contributed by atoms with Crippen LogP contribution in [0.15, 0.2) is 24.5 Å². The summed E-state index contributed by atoms with van der Waals surface area (Å²) in [7, 11) is -4.10. The van der Waals surface area contributed by atoms with Gasteiger partial charge in [0.25, 0.3) is 0 Å². The second-order valence-corrected chi connectivity index (χ2v) is 3.50. The van der Waals surface area contributed by atoms with E-state index in [9.17, 15) is 8.42 Å². The zero-order valence-electron chi connectivity index (χ0n) is 5.93. The maximum Gasteiger partial charge on any atom is 0.511 e. The second-order valence-electron chi connectivity index (χ2n) is 2.18. The van der Waals surface area contributed by atoms with E-state index in [4.69, 9.17) is 4.55 Å². The minimum absolute atomic E-state index is 0.736. The van der Waals surface area contributed by atoms with Gasteiger partial charge in [-0.25, -0.2) is 4.55 Å². The number of rotatable bonds is 1. The van der Waals surface area contributed by atoms with Crippen molar-refractivity contribution in [3.8, 4) is 0 Å². The van der Waals surface area contributed by atoms with Crippen molar-refractivity contribution in [2.24, 2.45) is 0 Å². The first kappa shape index (κ1) is 8.16. The maximum atomic E-state index is 10.5. The van der Waals surface area contributed by atoms with Crippen molar-refractivity contribution in [1.82, 2.24) is 0 Å². The van der Waals surface area contributed by atoms with Gasteiger partial charge in [-0.1, -0.05) is 3.97 Å². The zero-order chi connectivity index (χ0) is 8.48. The van der Waals surface area contributed by atoms with Crippen molar-refractivity contribution < 1.29 is 16.9 Å². The van der Waals surface area contributed by atoms with Crippen LogP contribution in [0.1, 0.15) is 5.56 Å². The van der Waals surface area contributed by atoms with E-state index in [-0.39, 0.29) is 0 Å². The molecule has 11 heavy (non-hydrogen) atoms. The van der Waals surface area contributed by atoms with Crippen LogP contribution in [0.3, 0.4) is 0 Å². The molecule has 5 heteroatoms. The molecule has 0 radical (unpaired) electrons. The highest BCUT2D eigenvalue weighted by molar-refractivity contribution is 7.79. The maximum absolute atomic E-state index is 10.5. The summed E-state index contributed by atoms with van der Waals surface area (Å²) in [6.07, 6.45) is 2.56. The van der Waals surface area contributed by atoms with E-state index >= 15 is 0 Å².